The van der Waals surface area contributed by atoms with E-state index in [4.69, 9.17) is 0 Å². The number of benzene rings is 2. The van der Waals surface area contributed by atoms with E-state index < -0.39 is 10.0 Å². The molecular weight excluding hydrogens is 414 g/mol. The summed E-state index contributed by atoms with van der Waals surface area (Å²) in [4.78, 5) is 12.8. The number of carbonyl (C=O) groups is 1. The van der Waals surface area contributed by atoms with Crippen LogP contribution in [0.2, 0.25) is 0 Å². The molecule has 156 valence electrons. The number of amides is 1. The van der Waals surface area contributed by atoms with Gasteiger partial charge in [-0.05, 0) is 48.4 Å². The largest absolute Gasteiger partial charge is 0.345 e. The molecular formula is C22H19N5O3S. The van der Waals surface area contributed by atoms with E-state index in [1.807, 2.05) is 42.6 Å². The number of nitrogens with one attached hydrogen (secondary N) is 1. The van der Waals surface area contributed by atoms with E-state index in [1.54, 1.807) is 22.6 Å². The van der Waals surface area contributed by atoms with Crippen LogP contribution in [0.1, 0.15) is 21.7 Å². The summed E-state index contributed by atoms with van der Waals surface area (Å²) >= 11 is 0. The van der Waals surface area contributed by atoms with Crippen LogP contribution in [0.3, 0.4) is 0 Å². The van der Waals surface area contributed by atoms with Gasteiger partial charge in [0.15, 0.2) is 11.5 Å². The van der Waals surface area contributed by atoms with Crippen LogP contribution in [0.5, 0.6) is 0 Å². The Bertz CT molecular complexity index is 1400. The molecule has 0 spiro atoms. The van der Waals surface area contributed by atoms with Crippen LogP contribution >= 0.6 is 0 Å². The maximum atomic E-state index is 13.2. The normalized spacial score (nSPS) is 13.4. The highest BCUT2D eigenvalue weighted by atomic mass is 32.2. The molecule has 31 heavy (non-hydrogen) atoms. The molecule has 1 aliphatic heterocycles. The van der Waals surface area contributed by atoms with Crippen LogP contribution in [0.4, 0.5) is 5.69 Å². The quantitative estimate of drug-likeness (QED) is 0.521. The zero-order valence-electron chi connectivity index (χ0n) is 16.5. The first-order valence-electron chi connectivity index (χ1n) is 9.81. The van der Waals surface area contributed by atoms with Gasteiger partial charge in [0.1, 0.15) is 0 Å². The highest BCUT2D eigenvalue weighted by molar-refractivity contribution is 7.92. The lowest BCUT2D eigenvalue weighted by molar-refractivity contribution is 0.0949. The topological polar surface area (TPSA) is 96.7 Å². The third-order valence-electron chi connectivity index (χ3n) is 5.32. The third-order valence-corrected chi connectivity index (χ3v) is 7.13. The van der Waals surface area contributed by atoms with Crippen LogP contribution in [-0.4, -0.2) is 35.5 Å². The summed E-state index contributed by atoms with van der Waals surface area (Å²) < 4.78 is 29.7. The SMILES string of the molecule is O=C(NCc1nnc2ccccn12)c1cccc(S(=O)(=O)N2CCc3ccccc32)c1. The molecule has 0 radical (unpaired) electrons. The summed E-state index contributed by atoms with van der Waals surface area (Å²) in [7, 11) is -3.77. The molecule has 0 saturated carbocycles. The van der Waals surface area contributed by atoms with Crippen molar-refractivity contribution in [2.45, 2.75) is 17.9 Å². The monoisotopic (exact) mass is 433 g/mol. The van der Waals surface area contributed by atoms with Gasteiger partial charge >= 0.3 is 0 Å². The van der Waals surface area contributed by atoms with Gasteiger partial charge in [-0.25, -0.2) is 8.42 Å². The van der Waals surface area contributed by atoms with E-state index in [-0.39, 0.29) is 22.9 Å². The molecule has 0 atom stereocenters. The van der Waals surface area contributed by atoms with Crippen molar-refractivity contribution in [1.82, 2.24) is 19.9 Å². The summed E-state index contributed by atoms with van der Waals surface area (Å²) in [5.74, 6) is 0.202. The van der Waals surface area contributed by atoms with Crippen LogP contribution in [-0.2, 0) is 23.0 Å². The maximum absolute atomic E-state index is 13.2. The molecule has 0 fully saturated rings. The average Bonchev–Trinajstić information content (AvgIpc) is 3.42. The molecule has 1 N–H and O–H groups in total. The van der Waals surface area contributed by atoms with Gasteiger partial charge < -0.3 is 5.32 Å². The Kier molecular flexibility index (Phi) is 4.67. The Morgan fingerprint density at radius 2 is 1.84 bits per heavy atom. The number of sulfonamides is 1. The van der Waals surface area contributed by atoms with E-state index in [9.17, 15) is 13.2 Å². The van der Waals surface area contributed by atoms with E-state index in [1.165, 1.54) is 16.4 Å². The second-order valence-corrected chi connectivity index (χ2v) is 9.07. The Labute approximate surface area is 179 Å². The number of aromatic nitrogens is 3. The first-order chi connectivity index (χ1) is 15.0. The first-order valence-corrected chi connectivity index (χ1v) is 11.3. The smallest absolute Gasteiger partial charge is 0.264 e. The summed E-state index contributed by atoms with van der Waals surface area (Å²) in [6, 6.07) is 19.1. The van der Waals surface area contributed by atoms with Crippen molar-refractivity contribution in [1.29, 1.82) is 0 Å². The molecule has 2 aromatic carbocycles. The van der Waals surface area contributed by atoms with Gasteiger partial charge in [-0.15, -0.1) is 10.2 Å². The minimum atomic E-state index is -3.77. The van der Waals surface area contributed by atoms with Gasteiger partial charge in [-0.2, -0.15) is 0 Å². The van der Waals surface area contributed by atoms with Crippen molar-refractivity contribution in [2.75, 3.05) is 10.8 Å². The van der Waals surface area contributed by atoms with Crippen LogP contribution in [0.15, 0.2) is 77.8 Å². The molecule has 5 rings (SSSR count). The number of carbonyl (C=O) groups excluding carboxylic acids is 1. The number of nitrogens with zero attached hydrogens (tertiary/aromatic N) is 4. The van der Waals surface area contributed by atoms with Crippen molar-refractivity contribution in [3.05, 3.63) is 89.9 Å². The molecule has 1 amide bonds. The number of fused-ring (bicyclic) bond motifs is 2. The first kappa shape index (κ1) is 19.3. The number of hydrogen-bond acceptors (Lipinski definition) is 5. The van der Waals surface area contributed by atoms with Crippen molar-refractivity contribution in [3.63, 3.8) is 0 Å². The molecule has 4 aromatic rings. The predicted molar refractivity (Wildman–Crippen MR) is 115 cm³/mol. The molecule has 0 saturated heterocycles. The molecule has 0 unspecified atom stereocenters. The van der Waals surface area contributed by atoms with Crippen molar-refractivity contribution in [3.8, 4) is 0 Å². The second kappa shape index (κ2) is 7.51. The number of hydrogen-bond donors (Lipinski definition) is 1. The summed E-state index contributed by atoms with van der Waals surface area (Å²) in [6.07, 6.45) is 2.49. The number of anilines is 1. The van der Waals surface area contributed by atoms with Crippen molar-refractivity contribution < 1.29 is 13.2 Å². The molecule has 0 bridgehead atoms. The van der Waals surface area contributed by atoms with E-state index in [2.05, 4.69) is 15.5 Å². The zero-order chi connectivity index (χ0) is 21.4. The minimum Gasteiger partial charge on any atom is -0.345 e. The van der Waals surface area contributed by atoms with E-state index in [0.29, 0.717) is 30.1 Å². The standard InChI is InChI=1S/C22H19N5O3S/c28-22(23-15-21-25-24-20-10-3-4-12-26(20)21)17-7-5-8-18(14-17)31(29,30)27-13-11-16-6-1-2-9-19(16)27/h1-10,12,14H,11,13,15H2,(H,23,28). The summed E-state index contributed by atoms with van der Waals surface area (Å²) in [5, 5.41) is 10.9. The summed E-state index contributed by atoms with van der Waals surface area (Å²) in [5.41, 5.74) is 2.64. The highest BCUT2D eigenvalue weighted by Gasteiger charge is 2.30. The zero-order valence-corrected chi connectivity index (χ0v) is 17.3. The Morgan fingerprint density at radius 3 is 2.74 bits per heavy atom. The van der Waals surface area contributed by atoms with Gasteiger partial charge in [0, 0.05) is 18.3 Å². The lowest BCUT2D eigenvalue weighted by Crippen LogP contribution is -2.29. The molecule has 8 nitrogen and oxygen atoms in total. The fraction of sp³-hybridized carbons (Fsp3) is 0.136. The minimum absolute atomic E-state index is 0.0878. The Balaban J connectivity index is 1.37. The lowest BCUT2D eigenvalue weighted by Gasteiger charge is -2.20. The van der Waals surface area contributed by atoms with Gasteiger partial charge in [0.2, 0.25) is 0 Å². The average molecular weight is 433 g/mol. The fourth-order valence-corrected chi connectivity index (χ4v) is 5.31. The fourth-order valence-electron chi connectivity index (χ4n) is 3.76. The van der Waals surface area contributed by atoms with Crippen molar-refractivity contribution >= 4 is 27.3 Å². The van der Waals surface area contributed by atoms with Crippen LogP contribution in [0, 0.1) is 0 Å². The van der Waals surface area contributed by atoms with Crippen molar-refractivity contribution in [2.24, 2.45) is 0 Å². The molecule has 9 heteroatoms. The predicted octanol–water partition coefficient (Wildman–Crippen LogP) is 2.41. The van der Waals surface area contributed by atoms with Crippen LogP contribution < -0.4 is 9.62 Å². The molecule has 2 aromatic heterocycles. The Morgan fingerprint density at radius 1 is 1.00 bits per heavy atom. The number of para-hydroxylation sites is 1. The molecule has 0 aliphatic carbocycles. The Hall–Kier alpha value is -3.72. The number of rotatable bonds is 5. The van der Waals surface area contributed by atoms with E-state index in [0.717, 1.165) is 5.56 Å². The summed E-state index contributed by atoms with van der Waals surface area (Å²) in [6.45, 7) is 0.554. The third kappa shape index (κ3) is 3.42. The van der Waals surface area contributed by atoms with Gasteiger partial charge in [-0.1, -0.05) is 30.3 Å². The number of pyridine rings is 1. The highest BCUT2D eigenvalue weighted by Crippen LogP contribution is 2.32. The second-order valence-electron chi connectivity index (χ2n) is 7.21. The van der Waals surface area contributed by atoms with Crippen LogP contribution in [0.25, 0.3) is 5.65 Å². The molecule has 1 aliphatic rings. The van der Waals surface area contributed by atoms with Gasteiger partial charge in [-0.3, -0.25) is 13.5 Å². The van der Waals surface area contributed by atoms with Gasteiger partial charge in [0.05, 0.1) is 17.1 Å². The maximum Gasteiger partial charge on any atom is 0.264 e. The lowest BCUT2D eigenvalue weighted by atomic mass is 10.2. The van der Waals surface area contributed by atoms with E-state index >= 15 is 0 Å². The molecule has 3 heterocycles. The van der Waals surface area contributed by atoms with Gasteiger partial charge in [0.25, 0.3) is 15.9 Å².